The second kappa shape index (κ2) is 5.73. The third kappa shape index (κ3) is 3.26. The summed E-state index contributed by atoms with van der Waals surface area (Å²) in [6, 6.07) is 3.85. The maximum atomic E-state index is 13.0. The van der Waals surface area contributed by atoms with Crippen LogP contribution in [0.25, 0.3) is 0 Å². The Morgan fingerprint density at radius 1 is 1.62 bits per heavy atom. The fourth-order valence-corrected chi connectivity index (χ4v) is 1.04. The van der Waals surface area contributed by atoms with E-state index in [1.165, 1.54) is 25.3 Å². The highest BCUT2D eigenvalue weighted by molar-refractivity contribution is 5.86. The number of methoxy groups -OCH3 is 1. The lowest BCUT2D eigenvalue weighted by Crippen LogP contribution is -2.12. The predicted molar refractivity (Wildman–Crippen MR) is 58.4 cm³/mol. The average Bonchev–Trinajstić information content (AvgIpc) is 2.29. The van der Waals surface area contributed by atoms with E-state index < -0.39 is 11.9 Å². The van der Waals surface area contributed by atoms with Crippen LogP contribution >= 0.6 is 0 Å². The van der Waals surface area contributed by atoms with Crippen LogP contribution in [0.2, 0.25) is 0 Å². The van der Waals surface area contributed by atoms with Gasteiger partial charge in [-0.1, -0.05) is 11.8 Å². The number of nitrogens with one attached hydrogen (secondary N) is 1. The summed E-state index contributed by atoms with van der Waals surface area (Å²) in [6.07, 6.45) is -0.637. The molecule has 0 atom stereocenters. The number of halogens is 1. The number of benzene rings is 1. The van der Waals surface area contributed by atoms with Crippen molar-refractivity contribution in [1.82, 2.24) is 0 Å². The molecule has 0 spiro atoms. The molecule has 4 nitrogen and oxygen atoms in total. The van der Waals surface area contributed by atoms with Crippen LogP contribution in [-0.4, -0.2) is 19.7 Å². The van der Waals surface area contributed by atoms with Crippen LogP contribution in [-0.2, 0) is 4.74 Å². The van der Waals surface area contributed by atoms with Gasteiger partial charge >= 0.3 is 6.09 Å². The van der Waals surface area contributed by atoms with E-state index in [0.29, 0.717) is 11.3 Å². The van der Waals surface area contributed by atoms with Crippen LogP contribution in [0.15, 0.2) is 18.2 Å². The number of hydrogen-bond acceptors (Lipinski definition) is 3. The number of amides is 1. The van der Waals surface area contributed by atoms with Gasteiger partial charge in [-0.3, -0.25) is 5.32 Å². The molecule has 0 fully saturated rings. The zero-order valence-corrected chi connectivity index (χ0v) is 8.71. The van der Waals surface area contributed by atoms with Crippen LogP contribution in [0.3, 0.4) is 0 Å². The van der Waals surface area contributed by atoms with E-state index in [-0.39, 0.29) is 6.54 Å². The van der Waals surface area contributed by atoms with Crippen molar-refractivity contribution in [3.8, 4) is 11.8 Å². The van der Waals surface area contributed by atoms with Gasteiger partial charge in [-0.05, 0) is 18.2 Å². The molecule has 0 heterocycles. The fraction of sp³-hybridized carbons (Fsp3) is 0.182. The smallest absolute Gasteiger partial charge is 0.411 e. The monoisotopic (exact) mass is 222 g/mol. The van der Waals surface area contributed by atoms with E-state index in [1.54, 1.807) is 0 Å². The van der Waals surface area contributed by atoms with Crippen LogP contribution in [0.5, 0.6) is 0 Å². The molecule has 0 aliphatic carbocycles. The molecule has 0 unspecified atom stereocenters. The van der Waals surface area contributed by atoms with Gasteiger partial charge in [0.15, 0.2) is 0 Å². The fourth-order valence-electron chi connectivity index (χ4n) is 1.04. The molecule has 1 aromatic carbocycles. The largest absolute Gasteiger partial charge is 0.453 e. The van der Waals surface area contributed by atoms with Gasteiger partial charge in [0.1, 0.15) is 5.82 Å². The molecular weight excluding hydrogens is 211 g/mol. The van der Waals surface area contributed by atoms with Crippen molar-refractivity contribution < 1.29 is 13.9 Å². The first-order chi connectivity index (χ1) is 7.67. The van der Waals surface area contributed by atoms with Gasteiger partial charge in [-0.15, -0.1) is 0 Å². The Hall–Kier alpha value is -2.06. The lowest BCUT2D eigenvalue weighted by Gasteiger charge is -2.05. The number of hydrogen-bond donors (Lipinski definition) is 2. The Morgan fingerprint density at radius 2 is 2.38 bits per heavy atom. The molecule has 0 bridgehead atoms. The first kappa shape index (κ1) is 12.0. The molecule has 0 radical (unpaired) electrons. The van der Waals surface area contributed by atoms with Crippen molar-refractivity contribution in [2.24, 2.45) is 5.73 Å². The second-order valence-corrected chi connectivity index (χ2v) is 2.81. The normalized spacial score (nSPS) is 8.94. The molecule has 0 aromatic heterocycles. The first-order valence-electron chi connectivity index (χ1n) is 4.51. The van der Waals surface area contributed by atoms with E-state index in [4.69, 9.17) is 5.73 Å². The molecule has 5 heteroatoms. The van der Waals surface area contributed by atoms with Crippen molar-refractivity contribution in [2.45, 2.75) is 0 Å². The minimum atomic E-state index is -0.637. The van der Waals surface area contributed by atoms with E-state index in [9.17, 15) is 9.18 Å². The zero-order valence-electron chi connectivity index (χ0n) is 8.71. The van der Waals surface area contributed by atoms with Crippen molar-refractivity contribution in [3.05, 3.63) is 29.6 Å². The maximum Gasteiger partial charge on any atom is 0.411 e. The van der Waals surface area contributed by atoms with Gasteiger partial charge in [0.25, 0.3) is 0 Å². The van der Waals surface area contributed by atoms with Gasteiger partial charge < -0.3 is 10.5 Å². The van der Waals surface area contributed by atoms with Gasteiger partial charge in [-0.2, -0.15) is 0 Å². The number of rotatable bonds is 1. The molecule has 0 aliphatic heterocycles. The third-order valence-electron chi connectivity index (χ3n) is 1.73. The first-order valence-corrected chi connectivity index (χ1v) is 4.51. The predicted octanol–water partition coefficient (Wildman–Crippen LogP) is 1.31. The summed E-state index contributed by atoms with van der Waals surface area (Å²) in [6.45, 7) is 0.161. The molecule has 16 heavy (non-hydrogen) atoms. The third-order valence-corrected chi connectivity index (χ3v) is 1.73. The Bertz CT molecular complexity index is 449. The van der Waals surface area contributed by atoms with Crippen molar-refractivity contribution >= 4 is 11.8 Å². The molecular formula is C11H11FN2O2. The van der Waals surface area contributed by atoms with Gasteiger partial charge in [0, 0.05) is 0 Å². The highest BCUT2D eigenvalue weighted by Crippen LogP contribution is 2.16. The topological polar surface area (TPSA) is 64.3 Å². The van der Waals surface area contributed by atoms with Crippen LogP contribution in [0.1, 0.15) is 5.56 Å². The number of carbonyl (C=O) groups excluding carboxylic acids is 1. The minimum absolute atomic E-state index is 0.161. The minimum Gasteiger partial charge on any atom is -0.453 e. The average molecular weight is 222 g/mol. The van der Waals surface area contributed by atoms with E-state index in [2.05, 4.69) is 21.9 Å². The SMILES string of the molecule is COC(=O)Nc1ccc(F)cc1C#CCN. The summed E-state index contributed by atoms with van der Waals surface area (Å²) in [5.41, 5.74) is 5.95. The summed E-state index contributed by atoms with van der Waals surface area (Å²) in [4.78, 5) is 11.0. The molecule has 0 saturated carbocycles. The van der Waals surface area contributed by atoms with Crippen LogP contribution in [0.4, 0.5) is 14.9 Å². The zero-order chi connectivity index (χ0) is 12.0. The maximum absolute atomic E-state index is 13.0. The lowest BCUT2D eigenvalue weighted by atomic mass is 10.2. The quantitative estimate of drug-likeness (QED) is 0.704. The molecule has 1 aromatic rings. The number of ether oxygens (including phenoxy) is 1. The van der Waals surface area contributed by atoms with Gasteiger partial charge in [-0.25, -0.2) is 9.18 Å². The van der Waals surface area contributed by atoms with Crippen LogP contribution in [0, 0.1) is 17.7 Å². The number of anilines is 1. The van der Waals surface area contributed by atoms with E-state index in [1.807, 2.05) is 0 Å². The summed E-state index contributed by atoms with van der Waals surface area (Å²) in [7, 11) is 1.24. The highest BCUT2D eigenvalue weighted by Gasteiger charge is 2.05. The lowest BCUT2D eigenvalue weighted by molar-refractivity contribution is 0.187. The van der Waals surface area contributed by atoms with Crippen molar-refractivity contribution in [3.63, 3.8) is 0 Å². The van der Waals surface area contributed by atoms with E-state index >= 15 is 0 Å². The second-order valence-electron chi connectivity index (χ2n) is 2.81. The molecule has 84 valence electrons. The van der Waals surface area contributed by atoms with Gasteiger partial charge in [0.05, 0.1) is 24.9 Å². The Morgan fingerprint density at radius 3 is 3.00 bits per heavy atom. The van der Waals surface area contributed by atoms with Gasteiger partial charge in [0.2, 0.25) is 0 Å². The number of carbonyl (C=O) groups is 1. The Balaban J connectivity index is 3.02. The summed E-state index contributed by atoms with van der Waals surface area (Å²) >= 11 is 0. The molecule has 0 saturated heterocycles. The number of nitrogens with two attached hydrogens (primary N) is 1. The van der Waals surface area contributed by atoms with E-state index in [0.717, 1.165) is 0 Å². The molecule has 1 amide bonds. The van der Waals surface area contributed by atoms with Crippen molar-refractivity contribution in [1.29, 1.82) is 0 Å². The molecule has 1 rings (SSSR count). The van der Waals surface area contributed by atoms with Crippen molar-refractivity contribution in [2.75, 3.05) is 19.0 Å². The summed E-state index contributed by atoms with van der Waals surface area (Å²) in [5.74, 6) is 4.81. The molecule has 0 aliphatic rings. The standard InChI is InChI=1S/C11H11FN2O2/c1-16-11(15)14-10-5-4-9(12)7-8(10)3-2-6-13/h4-5,7H,6,13H2,1H3,(H,14,15). The highest BCUT2D eigenvalue weighted by atomic mass is 19.1. The van der Waals surface area contributed by atoms with Crippen LogP contribution < -0.4 is 11.1 Å². The summed E-state index contributed by atoms with van der Waals surface area (Å²) in [5, 5.41) is 2.43. The molecule has 3 N–H and O–H groups in total. The Kier molecular flexibility index (Phi) is 4.30. The summed E-state index contributed by atoms with van der Waals surface area (Å²) < 4.78 is 17.4. The Labute approximate surface area is 92.6 Å².